The lowest BCUT2D eigenvalue weighted by molar-refractivity contribution is 0.0696. The molecule has 1 aliphatic heterocycles. The third-order valence-corrected chi connectivity index (χ3v) is 2.44. The average molecular weight is 244 g/mol. The van der Waals surface area contributed by atoms with Crippen LogP contribution in [0.5, 0.6) is 5.75 Å². The molecule has 2 N–H and O–H groups in total. The lowest BCUT2D eigenvalue weighted by atomic mass is 10.1. The molecule has 16 heavy (non-hydrogen) atoms. The summed E-state index contributed by atoms with van der Waals surface area (Å²) in [5.41, 5.74) is 1.27. The lowest BCUT2D eigenvalue weighted by Crippen LogP contribution is -2.28. The molecular formula is C11H14ClNO3. The Morgan fingerprint density at radius 3 is 3.00 bits per heavy atom. The molecule has 0 unspecified atom stereocenters. The van der Waals surface area contributed by atoms with Crippen molar-refractivity contribution >= 4 is 18.4 Å². The Balaban J connectivity index is 0.00000128. The first-order chi connectivity index (χ1) is 7.16. The van der Waals surface area contributed by atoms with Crippen molar-refractivity contribution in [3.63, 3.8) is 0 Å². The van der Waals surface area contributed by atoms with Crippen molar-refractivity contribution in [2.75, 3.05) is 6.61 Å². The van der Waals surface area contributed by atoms with Gasteiger partial charge in [-0.3, -0.25) is 0 Å². The zero-order valence-corrected chi connectivity index (χ0v) is 9.71. The van der Waals surface area contributed by atoms with Crippen molar-refractivity contribution in [2.45, 2.75) is 19.5 Å². The van der Waals surface area contributed by atoms with Crippen LogP contribution in [-0.4, -0.2) is 23.7 Å². The number of halogens is 1. The SMILES string of the molecule is C[C@H]1COc2cc(C(=O)O)ccc2CN1.Cl. The Kier molecular flexibility index (Phi) is 4.15. The first kappa shape index (κ1) is 12.8. The fraction of sp³-hybridized carbons (Fsp3) is 0.364. The number of hydrogen-bond acceptors (Lipinski definition) is 3. The minimum atomic E-state index is -0.924. The zero-order chi connectivity index (χ0) is 10.8. The summed E-state index contributed by atoms with van der Waals surface area (Å²) in [6.07, 6.45) is 0. The maximum Gasteiger partial charge on any atom is 0.335 e. The number of hydrogen-bond donors (Lipinski definition) is 2. The number of aromatic carboxylic acids is 1. The van der Waals surface area contributed by atoms with E-state index in [1.807, 2.05) is 6.92 Å². The van der Waals surface area contributed by atoms with E-state index in [1.165, 1.54) is 0 Å². The normalized spacial score (nSPS) is 18.7. The van der Waals surface area contributed by atoms with Gasteiger partial charge in [0.05, 0.1) is 5.56 Å². The number of rotatable bonds is 1. The monoisotopic (exact) mass is 243 g/mol. The highest BCUT2D eigenvalue weighted by molar-refractivity contribution is 5.88. The van der Waals surface area contributed by atoms with Gasteiger partial charge >= 0.3 is 5.97 Å². The van der Waals surface area contributed by atoms with Crippen molar-refractivity contribution in [3.8, 4) is 5.75 Å². The Morgan fingerprint density at radius 2 is 2.31 bits per heavy atom. The molecule has 0 amide bonds. The van der Waals surface area contributed by atoms with Crippen LogP contribution in [0.3, 0.4) is 0 Å². The molecule has 1 aromatic carbocycles. The van der Waals surface area contributed by atoms with E-state index in [-0.39, 0.29) is 24.0 Å². The standard InChI is InChI=1S/C11H13NO3.ClH/c1-7-6-15-10-4-8(11(13)14)2-3-9(10)5-12-7;/h2-4,7,12H,5-6H2,1H3,(H,13,14);1H/t7-;/m0./s1. The number of fused-ring (bicyclic) bond motifs is 1. The number of nitrogens with one attached hydrogen (secondary N) is 1. The van der Waals surface area contributed by atoms with E-state index in [0.29, 0.717) is 12.4 Å². The van der Waals surface area contributed by atoms with Crippen molar-refractivity contribution in [1.82, 2.24) is 5.32 Å². The van der Waals surface area contributed by atoms with Gasteiger partial charge in [0.15, 0.2) is 0 Å². The van der Waals surface area contributed by atoms with Gasteiger partial charge in [-0.25, -0.2) is 4.79 Å². The van der Waals surface area contributed by atoms with Crippen LogP contribution >= 0.6 is 12.4 Å². The second-order valence-electron chi connectivity index (χ2n) is 3.72. The third-order valence-electron chi connectivity index (χ3n) is 2.44. The average Bonchev–Trinajstić information content (AvgIpc) is 2.40. The molecule has 2 rings (SSSR count). The Labute approximate surface area is 100 Å². The molecule has 1 atom stereocenters. The number of carbonyl (C=O) groups is 1. The first-order valence-electron chi connectivity index (χ1n) is 4.89. The summed E-state index contributed by atoms with van der Waals surface area (Å²) in [5, 5.41) is 12.1. The molecular weight excluding hydrogens is 230 g/mol. The highest BCUT2D eigenvalue weighted by atomic mass is 35.5. The summed E-state index contributed by atoms with van der Waals surface area (Å²) in [6, 6.07) is 5.26. The fourth-order valence-corrected chi connectivity index (χ4v) is 1.53. The smallest absolute Gasteiger partial charge is 0.335 e. The minimum absolute atomic E-state index is 0. The maximum atomic E-state index is 10.8. The van der Waals surface area contributed by atoms with Crippen LogP contribution in [0.1, 0.15) is 22.8 Å². The van der Waals surface area contributed by atoms with Gasteiger partial charge in [0, 0.05) is 18.2 Å². The van der Waals surface area contributed by atoms with Crippen LogP contribution in [0.25, 0.3) is 0 Å². The van der Waals surface area contributed by atoms with Crippen LogP contribution in [0.15, 0.2) is 18.2 Å². The second-order valence-corrected chi connectivity index (χ2v) is 3.72. The molecule has 0 saturated carbocycles. The predicted octanol–water partition coefficient (Wildman–Crippen LogP) is 1.68. The molecule has 1 aromatic rings. The summed E-state index contributed by atoms with van der Waals surface area (Å²) in [6.45, 7) is 3.32. The van der Waals surface area contributed by atoms with E-state index >= 15 is 0 Å². The summed E-state index contributed by atoms with van der Waals surface area (Å²) < 4.78 is 5.53. The van der Waals surface area contributed by atoms with Gasteiger partial charge in [0.25, 0.3) is 0 Å². The van der Waals surface area contributed by atoms with Crippen LogP contribution in [0.4, 0.5) is 0 Å². The van der Waals surface area contributed by atoms with Gasteiger partial charge < -0.3 is 15.2 Å². The molecule has 0 radical (unpaired) electrons. The number of ether oxygens (including phenoxy) is 1. The van der Waals surface area contributed by atoms with E-state index in [4.69, 9.17) is 9.84 Å². The van der Waals surface area contributed by atoms with E-state index in [1.54, 1.807) is 18.2 Å². The molecule has 4 nitrogen and oxygen atoms in total. The van der Waals surface area contributed by atoms with Crippen LogP contribution in [-0.2, 0) is 6.54 Å². The molecule has 1 heterocycles. The van der Waals surface area contributed by atoms with Crippen LogP contribution in [0, 0.1) is 0 Å². The molecule has 0 spiro atoms. The van der Waals surface area contributed by atoms with Gasteiger partial charge in [-0.15, -0.1) is 12.4 Å². The predicted molar refractivity (Wildman–Crippen MR) is 62.4 cm³/mol. The molecule has 5 heteroatoms. The molecule has 0 aliphatic carbocycles. The number of carboxylic acids is 1. The molecule has 0 fully saturated rings. The highest BCUT2D eigenvalue weighted by Crippen LogP contribution is 2.22. The van der Waals surface area contributed by atoms with E-state index in [2.05, 4.69) is 5.32 Å². The quantitative estimate of drug-likeness (QED) is 0.788. The Morgan fingerprint density at radius 1 is 1.56 bits per heavy atom. The van der Waals surface area contributed by atoms with Crippen molar-refractivity contribution in [3.05, 3.63) is 29.3 Å². The van der Waals surface area contributed by atoms with E-state index < -0.39 is 5.97 Å². The molecule has 0 aromatic heterocycles. The maximum absolute atomic E-state index is 10.8. The van der Waals surface area contributed by atoms with E-state index in [9.17, 15) is 4.79 Å². The summed E-state index contributed by atoms with van der Waals surface area (Å²) >= 11 is 0. The van der Waals surface area contributed by atoms with Crippen LogP contribution < -0.4 is 10.1 Å². The highest BCUT2D eigenvalue weighted by Gasteiger charge is 2.14. The van der Waals surface area contributed by atoms with Gasteiger partial charge in [-0.2, -0.15) is 0 Å². The van der Waals surface area contributed by atoms with Crippen molar-refractivity contribution < 1.29 is 14.6 Å². The molecule has 0 saturated heterocycles. The third kappa shape index (κ3) is 2.65. The Hall–Kier alpha value is -1.26. The summed E-state index contributed by atoms with van der Waals surface area (Å²) in [4.78, 5) is 10.8. The molecule has 88 valence electrons. The van der Waals surface area contributed by atoms with Gasteiger partial charge in [-0.1, -0.05) is 6.07 Å². The second kappa shape index (κ2) is 5.18. The van der Waals surface area contributed by atoms with Gasteiger partial charge in [0.1, 0.15) is 12.4 Å². The number of carboxylic acid groups (broad SMARTS) is 1. The zero-order valence-electron chi connectivity index (χ0n) is 8.90. The minimum Gasteiger partial charge on any atom is -0.492 e. The topological polar surface area (TPSA) is 58.6 Å². The summed E-state index contributed by atoms with van der Waals surface area (Å²) in [7, 11) is 0. The number of benzene rings is 1. The lowest BCUT2D eigenvalue weighted by Gasteiger charge is -2.08. The van der Waals surface area contributed by atoms with Gasteiger partial charge in [0.2, 0.25) is 0 Å². The van der Waals surface area contributed by atoms with E-state index in [0.717, 1.165) is 12.1 Å². The van der Waals surface area contributed by atoms with Crippen LogP contribution in [0.2, 0.25) is 0 Å². The largest absolute Gasteiger partial charge is 0.492 e. The van der Waals surface area contributed by atoms with Crippen molar-refractivity contribution in [2.24, 2.45) is 0 Å². The molecule has 0 bridgehead atoms. The first-order valence-corrected chi connectivity index (χ1v) is 4.89. The fourth-order valence-electron chi connectivity index (χ4n) is 1.53. The Bertz CT molecular complexity index is 395. The summed E-state index contributed by atoms with van der Waals surface area (Å²) in [5.74, 6) is -0.251. The van der Waals surface area contributed by atoms with Gasteiger partial charge in [-0.05, 0) is 19.1 Å². The molecule has 1 aliphatic rings. The van der Waals surface area contributed by atoms with Crippen molar-refractivity contribution in [1.29, 1.82) is 0 Å².